The Morgan fingerprint density at radius 2 is 1.88 bits per heavy atom. The van der Waals surface area contributed by atoms with Gasteiger partial charge in [0, 0.05) is 51.6 Å². The fourth-order valence-electron chi connectivity index (χ4n) is 3.61. The van der Waals surface area contributed by atoms with Crippen LogP contribution in [0.1, 0.15) is 27.4 Å². The van der Waals surface area contributed by atoms with Crippen molar-refractivity contribution in [2.75, 3.05) is 0 Å². The monoisotopic (exact) mass is 462 g/mol. The molecular weight excluding hydrogens is 447 g/mol. The Kier molecular flexibility index (Phi) is 5.25. The molecule has 5 aromatic rings. The van der Waals surface area contributed by atoms with Gasteiger partial charge in [-0.25, -0.2) is 0 Å². The average Bonchev–Trinajstić information content (AvgIpc) is 3.41. The van der Waals surface area contributed by atoms with Crippen molar-refractivity contribution < 1.29 is 9.32 Å². The molecule has 0 saturated heterocycles. The Bertz CT molecular complexity index is 1460. The zero-order chi connectivity index (χ0) is 22.2. The highest BCUT2D eigenvalue weighted by Gasteiger charge is 2.23. The number of rotatable bonds is 5. The molecule has 0 unspecified atom stereocenters. The molecule has 0 amide bonds. The number of ketones is 1. The summed E-state index contributed by atoms with van der Waals surface area (Å²) in [5.74, 6) is -0.0696. The fraction of sp³-hybridized carbons (Fsp3) is 0.0833. The molecule has 0 N–H and O–H groups in total. The van der Waals surface area contributed by atoms with Crippen molar-refractivity contribution in [3.05, 3.63) is 99.7 Å². The van der Waals surface area contributed by atoms with E-state index in [9.17, 15) is 4.79 Å². The molecule has 0 aliphatic carbocycles. The lowest BCUT2D eigenvalue weighted by molar-refractivity contribution is 0.0995. The molecule has 0 radical (unpaired) electrons. The van der Waals surface area contributed by atoms with E-state index in [0.29, 0.717) is 28.0 Å². The molecule has 5 rings (SSSR count). The fourth-order valence-corrected chi connectivity index (χ4v) is 4.07. The van der Waals surface area contributed by atoms with Crippen LogP contribution in [0, 0.1) is 6.92 Å². The first-order chi connectivity index (χ1) is 15.5. The number of hydrogen-bond acceptors (Lipinski definition) is 5. The zero-order valence-corrected chi connectivity index (χ0v) is 18.4. The second-order valence-corrected chi connectivity index (χ2v) is 8.26. The van der Waals surface area contributed by atoms with Crippen LogP contribution in [-0.4, -0.2) is 25.5 Å². The van der Waals surface area contributed by atoms with Crippen LogP contribution < -0.4 is 0 Å². The Balaban J connectivity index is 1.56. The van der Waals surface area contributed by atoms with Crippen LogP contribution >= 0.6 is 23.2 Å². The van der Waals surface area contributed by atoms with Gasteiger partial charge in [-0.2, -0.15) is 4.98 Å². The molecule has 0 saturated carbocycles. The lowest BCUT2D eigenvalue weighted by atomic mass is 10.1. The Morgan fingerprint density at radius 3 is 2.66 bits per heavy atom. The number of aryl methyl sites for hydroxylation is 1. The topological polar surface area (TPSA) is 73.8 Å². The van der Waals surface area contributed by atoms with E-state index in [4.69, 9.17) is 27.7 Å². The number of fused-ring (bicyclic) bond motifs is 1. The van der Waals surface area contributed by atoms with Gasteiger partial charge < -0.3 is 9.09 Å². The summed E-state index contributed by atoms with van der Waals surface area (Å²) in [5, 5.41) is 5.90. The van der Waals surface area contributed by atoms with Crippen LogP contribution in [0.15, 0.2) is 71.6 Å². The van der Waals surface area contributed by atoms with Gasteiger partial charge >= 0.3 is 0 Å². The van der Waals surface area contributed by atoms with E-state index in [1.54, 1.807) is 42.9 Å². The maximum absolute atomic E-state index is 13.3. The Labute approximate surface area is 193 Å². The van der Waals surface area contributed by atoms with Crippen LogP contribution in [0.4, 0.5) is 0 Å². The van der Waals surface area contributed by atoms with E-state index in [1.165, 1.54) is 0 Å². The van der Waals surface area contributed by atoms with E-state index in [0.717, 1.165) is 27.6 Å². The zero-order valence-electron chi connectivity index (χ0n) is 16.9. The first-order valence-electron chi connectivity index (χ1n) is 9.82. The maximum Gasteiger partial charge on any atom is 0.299 e. The number of halogens is 2. The second-order valence-electron chi connectivity index (χ2n) is 7.42. The van der Waals surface area contributed by atoms with Crippen LogP contribution in [0.2, 0.25) is 10.0 Å². The van der Waals surface area contributed by atoms with Crippen LogP contribution in [0.3, 0.4) is 0 Å². The normalized spacial score (nSPS) is 11.2. The quantitative estimate of drug-likeness (QED) is 0.300. The SMILES string of the molecule is Cc1ccc2c(c1)c(C(=O)c1nc(-c3ccncc3)no1)cn2Cc1ccc(Cl)cc1Cl. The summed E-state index contributed by atoms with van der Waals surface area (Å²) in [5.41, 5.74) is 4.04. The molecule has 0 atom stereocenters. The van der Waals surface area contributed by atoms with Gasteiger partial charge in [-0.15, -0.1) is 0 Å². The van der Waals surface area contributed by atoms with Crippen LogP contribution in [-0.2, 0) is 6.54 Å². The van der Waals surface area contributed by atoms with E-state index < -0.39 is 0 Å². The first kappa shape index (κ1) is 20.4. The highest BCUT2D eigenvalue weighted by molar-refractivity contribution is 6.35. The number of carbonyl (C=O) groups excluding carboxylic acids is 1. The lowest BCUT2D eigenvalue weighted by Gasteiger charge is -2.08. The van der Waals surface area contributed by atoms with E-state index in [2.05, 4.69) is 15.1 Å². The predicted octanol–water partition coefficient (Wildman–Crippen LogP) is 5.98. The second kappa shape index (κ2) is 8.22. The van der Waals surface area contributed by atoms with Crippen molar-refractivity contribution in [3.63, 3.8) is 0 Å². The number of benzene rings is 2. The molecular formula is C24H16Cl2N4O2. The molecule has 0 aliphatic rings. The summed E-state index contributed by atoms with van der Waals surface area (Å²) in [6, 6.07) is 14.9. The van der Waals surface area contributed by atoms with Crippen molar-refractivity contribution in [3.8, 4) is 11.4 Å². The largest absolute Gasteiger partial charge is 0.342 e. The predicted molar refractivity (Wildman–Crippen MR) is 123 cm³/mol. The van der Waals surface area contributed by atoms with Gasteiger partial charge in [-0.3, -0.25) is 9.78 Å². The smallest absolute Gasteiger partial charge is 0.299 e. The van der Waals surface area contributed by atoms with Crippen LogP contribution in [0.5, 0.6) is 0 Å². The van der Waals surface area contributed by atoms with Crippen molar-refractivity contribution in [1.29, 1.82) is 0 Å². The maximum atomic E-state index is 13.3. The summed E-state index contributed by atoms with van der Waals surface area (Å²) in [6.07, 6.45) is 5.06. The van der Waals surface area contributed by atoms with Crippen molar-refractivity contribution in [1.82, 2.24) is 19.7 Å². The average molecular weight is 463 g/mol. The molecule has 3 heterocycles. The third kappa shape index (κ3) is 3.79. The third-order valence-corrected chi connectivity index (χ3v) is 5.78. The molecule has 2 aromatic carbocycles. The number of aromatic nitrogens is 4. The van der Waals surface area contributed by atoms with Crippen LogP contribution in [0.25, 0.3) is 22.3 Å². The van der Waals surface area contributed by atoms with E-state index in [-0.39, 0.29) is 11.7 Å². The lowest BCUT2D eigenvalue weighted by Crippen LogP contribution is -2.02. The summed E-state index contributed by atoms with van der Waals surface area (Å²) < 4.78 is 7.28. The minimum atomic E-state index is -0.339. The van der Waals surface area contributed by atoms with Gasteiger partial charge in [-0.1, -0.05) is 46.1 Å². The number of nitrogens with zero attached hydrogens (tertiary/aromatic N) is 4. The minimum absolute atomic E-state index is 0.0677. The summed E-state index contributed by atoms with van der Waals surface area (Å²) in [6.45, 7) is 2.46. The molecule has 6 nitrogen and oxygen atoms in total. The molecule has 0 aliphatic heterocycles. The Hall–Kier alpha value is -3.48. The molecule has 8 heteroatoms. The number of pyridine rings is 1. The minimum Gasteiger partial charge on any atom is -0.342 e. The standard InChI is InChI=1S/C24H16Cl2N4O2/c1-14-2-5-21-18(10-14)19(13-30(21)12-16-3-4-17(25)11-20(16)26)22(31)24-28-23(29-32-24)15-6-8-27-9-7-15/h2-11,13H,12H2,1H3. The van der Waals surface area contributed by atoms with E-state index in [1.807, 2.05) is 35.8 Å². The molecule has 0 bridgehead atoms. The molecule has 32 heavy (non-hydrogen) atoms. The van der Waals surface area contributed by atoms with Crippen molar-refractivity contribution >= 4 is 39.9 Å². The summed E-state index contributed by atoms with van der Waals surface area (Å²) in [7, 11) is 0. The molecule has 0 fully saturated rings. The highest BCUT2D eigenvalue weighted by atomic mass is 35.5. The first-order valence-corrected chi connectivity index (χ1v) is 10.6. The summed E-state index contributed by atoms with van der Waals surface area (Å²) in [4.78, 5) is 21.6. The van der Waals surface area contributed by atoms with Gasteiger partial charge in [0.25, 0.3) is 11.7 Å². The van der Waals surface area contributed by atoms with Crippen molar-refractivity contribution in [2.45, 2.75) is 13.5 Å². The number of hydrogen-bond donors (Lipinski definition) is 0. The highest BCUT2D eigenvalue weighted by Crippen LogP contribution is 2.28. The molecule has 158 valence electrons. The van der Waals surface area contributed by atoms with Crippen molar-refractivity contribution in [2.24, 2.45) is 0 Å². The molecule has 3 aromatic heterocycles. The third-order valence-electron chi connectivity index (χ3n) is 5.20. The van der Waals surface area contributed by atoms with Gasteiger partial charge in [0.1, 0.15) is 0 Å². The molecule has 0 spiro atoms. The Morgan fingerprint density at radius 1 is 1.06 bits per heavy atom. The number of carbonyl (C=O) groups is 1. The summed E-state index contributed by atoms with van der Waals surface area (Å²) >= 11 is 12.4. The van der Waals surface area contributed by atoms with Gasteiger partial charge in [-0.05, 0) is 48.9 Å². The van der Waals surface area contributed by atoms with Gasteiger partial charge in [0.2, 0.25) is 5.82 Å². The van der Waals surface area contributed by atoms with Gasteiger partial charge in [0.15, 0.2) is 0 Å². The van der Waals surface area contributed by atoms with E-state index >= 15 is 0 Å². The van der Waals surface area contributed by atoms with Gasteiger partial charge in [0.05, 0.1) is 5.56 Å².